The average Bonchev–Trinajstić information content (AvgIpc) is 3.22. The van der Waals surface area contributed by atoms with Gasteiger partial charge in [0.2, 0.25) is 5.78 Å². The summed E-state index contributed by atoms with van der Waals surface area (Å²) in [5.41, 5.74) is 4.67. The van der Waals surface area contributed by atoms with Crippen LogP contribution in [-0.2, 0) is 12.0 Å². The summed E-state index contributed by atoms with van der Waals surface area (Å²) >= 11 is 0. The third-order valence-electron chi connectivity index (χ3n) is 6.06. The van der Waals surface area contributed by atoms with Crippen molar-refractivity contribution in [2.24, 2.45) is 5.41 Å². The van der Waals surface area contributed by atoms with E-state index in [0.717, 1.165) is 49.2 Å². The number of rotatable bonds is 8. The number of Topliss-reactive ketones (excluding diaryl/α,β-unsaturated/α-hetero) is 1. The van der Waals surface area contributed by atoms with Crippen LogP contribution in [0.3, 0.4) is 0 Å². The maximum absolute atomic E-state index is 12.9. The lowest BCUT2D eigenvalue weighted by atomic mass is 9.77. The standard InChI is InChI=1S/C26H34N4O/c1-7-15-28-26(5,6)22-10-9-19(16-21(31)24-27-17-20(8-2)29-24)23(30-22)18-11-13-25(3,4)14-12-18/h2,9-11,17,28H,7,12-16H2,1,3-6H3,(H,27,29). The summed E-state index contributed by atoms with van der Waals surface area (Å²) in [4.78, 5) is 25.0. The molecule has 1 aliphatic carbocycles. The van der Waals surface area contributed by atoms with Gasteiger partial charge in [0.25, 0.3) is 0 Å². The molecule has 0 aromatic carbocycles. The van der Waals surface area contributed by atoms with Crippen molar-refractivity contribution in [2.45, 2.75) is 72.3 Å². The Bertz CT molecular complexity index is 1020. The lowest BCUT2D eigenvalue weighted by molar-refractivity contribution is 0.0983. The SMILES string of the molecule is C#Cc1cnc(C(=O)Cc2ccc(C(C)(C)NCCC)nc2C2=CCC(C)(C)CC2)[nH]1. The summed E-state index contributed by atoms with van der Waals surface area (Å²) in [6.45, 7) is 12.0. The number of pyridine rings is 1. The molecular formula is C26H34N4O. The summed E-state index contributed by atoms with van der Waals surface area (Å²) in [6.07, 6.45) is 13.6. The monoisotopic (exact) mass is 418 g/mol. The van der Waals surface area contributed by atoms with Gasteiger partial charge in [-0.3, -0.25) is 9.78 Å². The van der Waals surface area contributed by atoms with Gasteiger partial charge in [-0.25, -0.2) is 4.98 Å². The van der Waals surface area contributed by atoms with E-state index in [2.05, 4.69) is 68.0 Å². The number of H-pyrrole nitrogens is 1. The largest absolute Gasteiger partial charge is 0.329 e. The number of nitrogens with zero attached hydrogens (tertiary/aromatic N) is 2. The summed E-state index contributed by atoms with van der Waals surface area (Å²) in [7, 11) is 0. The summed E-state index contributed by atoms with van der Waals surface area (Å²) in [6, 6.07) is 4.09. The first-order valence-corrected chi connectivity index (χ1v) is 11.1. The van der Waals surface area contributed by atoms with Crippen molar-refractivity contribution < 1.29 is 4.79 Å². The lowest BCUT2D eigenvalue weighted by Crippen LogP contribution is -2.38. The van der Waals surface area contributed by atoms with Crippen LogP contribution in [0.2, 0.25) is 0 Å². The maximum Gasteiger partial charge on any atom is 0.202 e. The topological polar surface area (TPSA) is 70.7 Å². The van der Waals surface area contributed by atoms with E-state index in [-0.39, 0.29) is 17.7 Å². The van der Waals surface area contributed by atoms with Gasteiger partial charge < -0.3 is 10.3 Å². The van der Waals surface area contributed by atoms with Crippen molar-refractivity contribution in [2.75, 3.05) is 6.54 Å². The van der Waals surface area contributed by atoms with Crippen LogP contribution in [0.5, 0.6) is 0 Å². The normalized spacial score (nSPS) is 15.9. The first-order chi connectivity index (χ1) is 14.6. The Kier molecular flexibility index (Phi) is 6.81. The minimum atomic E-state index is -0.246. The number of allylic oxidation sites excluding steroid dienone is 2. The Labute approximate surface area is 186 Å². The smallest absolute Gasteiger partial charge is 0.202 e. The molecule has 1 aliphatic rings. The van der Waals surface area contributed by atoms with E-state index < -0.39 is 0 Å². The molecule has 0 amide bonds. The maximum atomic E-state index is 12.9. The molecule has 0 fully saturated rings. The van der Waals surface area contributed by atoms with Crippen LogP contribution < -0.4 is 5.32 Å². The fourth-order valence-corrected chi connectivity index (χ4v) is 3.87. The third-order valence-corrected chi connectivity index (χ3v) is 6.06. The highest BCUT2D eigenvalue weighted by molar-refractivity contribution is 5.95. The number of terminal acetylenes is 1. The number of hydrogen-bond acceptors (Lipinski definition) is 4. The Morgan fingerprint density at radius 1 is 1.35 bits per heavy atom. The number of ketones is 1. The molecule has 0 atom stereocenters. The highest BCUT2D eigenvalue weighted by Crippen LogP contribution is 2.38. The van der Waals surface area contributed by atoms with Gasteiger partial charge in [-0.1, -0.05) is 38.8 Å². The van der Waals surface area contributed by atoms with E-state index >= 15 is 0 Å². The van der Waals surface area contributed by atoms with Gasteiger partial charge in [0.15, 0.2) is 5.82 Å². The molecule has 0 saturated heterocycles. The number of imidazole rings is 1. The highest BCUT2D eigenvalue weighted by atomic mass is 16.1. The zero-order valence-corrected chi connectivity index (χ0v) is 19.4. The second kappa shape index (κ2) is 9.20. The number of aromatic nitrogens is 3. The van der Waals surface area contributed by atoms with Crippen molar-refractivity contribution in [1.29, 1.82) is 0 Å². The van der Waals surface area contributed by atoms with Gasteiger partial charge in [0, 0.05) is 6.42 Å². The quantitative estimate of drug-likeness (QED) is 0.465. The molecule has 3 rings (SSSR count). The van der Waals surface area contributed by atoms with Crippen molar-refractivity contribution in [3.05, 3.63) is 52.9 Å². The van der Waals surface area contributed by atoms with E-state index in [1.54, 1.807) is 0 Å². The summed E-state index contributed by atoms with van der Waals surface area (Å²) in [5, 5.41) is 3.58. The van der Waals surface area contributed by atoms with Gasteiger partial charge in [0.1, 0.15) is 5.69 Å². The number of nitrogens with one attached hydrogen (secondary N) is 2. The first kappa shape index (κ1) is 23.0. The molecule has 2 aromatic rings. The first-order valence-electron chi connectivity index (χ1n) is 11.1. The summed E-state index contributed by atoms with van der Waals surface area (Å²) in [5.74, 6) is 2.69. The molecule has 0 bridgehead atoms. The lowest BCUT2D eigenvalue weighted by Gasteiger charge is -2.30. The summed E-state index contributed by atoms with van der Waals surface area (Å²) < 4.78 is 0. The second-order valence-corrected chi connectivity index (χ2v) is 9.74. The van der Waals surface area contributed by atoms with Gasteiger partial charge >= 0.3 is 0 Å². The number of aromatic amines is 1. The van der Waals surface area contributed by atoms with Crippen LogP contribution in [0.1, 0.15) is 93.6 Å². The molecule has 0 saturated carbocycles. The van der Waals surface area contributed by atoms with E-state index in [1.165, 1.54) is 11.8 Å². The van der Waals surface area contributed by atoms with Crippen LogP contribution in [0.15, 0.2) is 24.4 Å². The molecule has 31 heavy (non-hydrogen) atoms. The van der Waals surface area contributed by atoms with E-state index in [1.807, 2.05) is 6.07 Å². The minimum Gasteiger partial charge on any atom is -0.329 e. The van der Waals surface area contributed by atoms with Crippen molar-refractivity contribution >= 4 is 11.4 Å². The number of carbonyl (C=O) groups excluding carboxylic acids is 1. The minimum absolute atomic E-state index is 0.0857. The zero-order chi connectivity index (χ0) is 22.6. The van der Waals surface area contributed by atoms with Crippen molar-refractivity contribution in [3.8, 4) is 12.3 Å². The Morgan fingerprint density at radius 2 is 2.13 bits per heavy atom. The highest BCUT2D eigenvalue weighted by Gasteiger charge is 2.27. The predicted molar refractivity (Wildman–Crippen MR) is 126 cm³/mol. The van der Waals surface area contributed by atoms with E-state index in [4.69, 9.17) is 11.4 Å². The van der Waals surface area contributed by atoms with Crippen molar-refractivity contribution in [1.82, 2.24) is 20.3 Å². The third kappa shape index (κ3) is 5.51. The molecule has 2 heterocycles. The Balaban J connectivity index is 1.97. The molecule has 0 radical (unpaired) electrons. The molecular weight excluding hydrogens is 384 g/mol. The Hall–Kier alpha value is -2.71. The fourth-order valence-electron chi connectivity index (χ4n) is 3.87. The van der Waals surface area contributed by atoms with Crippen LogP contribution in [-0.4, -0.2) is 27.3 Å². The average molecular weight is 419 g/mol. The molecule has 2 N–H and O–H groups in total. The van der Waals surface area contributed by atoms with Crippen LogP contribution in [0.25, 0.3) is 5.57 Å². The van der Waals surface area contributed by atoms with Crippen molar-refractivity contribution in [3.63, 3.8) is 0 Å². The molecule has 0 aliphatic heterocycles. The number of hydrogen-bond donors (Lipinski definition) is 2. The molecule has 5 heteroatoms. The Morgan fingerprint density at radius 3 is 2.74 bits per heavy atom. The van der Waals surface area contributed by atoms with Gasteiger partial charge in [-0.15, -0.1) is 6.42 Å². The molecule has 0 spiro atoms. The molecule has 0 unspecified atom stereocenters. The fraction of sp³-hybridized carbons (Fsp3) is 0.500. The van der Waals surface area contributed by atoms with Crippen LogP contribution in [0.4, 0.5) is 0 Å². The van der Waals surface area contributed by atoms with Gasteiger partial charge in [0.05, 0.1) is 23.1 Å². The molecule has 164 valence electrons. The number of carbonyl (C=O) groups is 1. The van der Waals surface area contributed by atoms with Crippen LogP contribution >= 0.6 is 0 Å². The zero-order valence-electron chi connectivity index (χ0n) is 19.4. The van der Waals surface area contributed by atoms with E-state index in [0.29, 0.717) is 16.9 Å². The predicted octanol–water partition coefficient (Wildman–Crippen LogP) is 5.04. The van der Waals surface area contributed by atoms with Gasteiger partial charge in [-0.2, -0.15) is 0 Å². The second-order valence-electron chi connectivity index (χ2n) is 9.74. The van der Waals surface area contributed by atoms with E-state index in [9.17, 15) is 4.79 Å². The molecule has 5 nitrogen and oxygen atoms in total. The van der Waals surface area contributed by atoms with Gasteiger partial charge in [-0.05, 0) is 68.7 Å². The molecule has 2 aromatic heterocycles. The van der Waals surface area contributed by atoms with Crippen LogP contribution in [0, 0.1) is 17.8 Å².